The summed E-state index contributed by atoms with van der Waals surface area (Å²) in [6, 6.07) is 11.8. The van der Waals surface area contributed by atoms with Crippen LogP contribution in [0.4, 0.5) is 4.39 Å². The molecule has 0 aliphatic rings. The number of aryl methyl sites for hydroxylation is 3. The molecule has 0 saturated heterocycles. The molecule has 1 heterocycles. The Morgan fingerprint density at radius 1 is 1.12 bits per heavy atom. The minimum absolute atomic E-state index is 0.230. The van der Waals surface area contributed by atoms with Gasteiger partial charge in [-0.25, -0.2) is 4.39 Å². The van der Waals surface area contributed by atoms with Crippen molar-refractivity contribution in [2.75, 3.05) is 0 Å². The number of carbonyl (C=O) groups excluding carboxylic acids is 1. The highest BCUT2D eigenvalue weighted by Gasteiger charge is 2.20. The van der Waals surface area contributed by atoms with E-state index in [0.717, 1.165) is 16.8 Å². The predicted molar refractivity (Wildman–Crippen MR) is 97.9 cm³/mol. The lowest BCUT2D eigenvalue weighted by Crippen LogP contribution is -2.28. The van der Waals surface area contributed by atoms with Gasteiger partial charge < -0.3 is 5.32 Å². The van der Waals surface area contributed by atoms with Gasteiger partial charge in [0.15, 0.2) is 5.69 Å². The minimum Gasteiger partial charge on any atom is -0.344 e. The van der Waals surface area contributed by atoms with Crippen LogP contribution >= 0.6 is 0 Å². The zero-order valence-corrected chi connectivity index (χ0v) is 15.2. The van der Waals surface area contributed by atoms with E-state index in [1.807, 2.05) is 32.0 Å². The van der Waals surface area contributed by atoms with Crippen molar-refractivity contribution < 1.29 is 9.18 Å². The third kappa shape index (κ3) is 3.49. The van der Waals surface area contributed by atoms with Crippen LogP contribution in [0.15, 0.2) is 42.5 Å². The molecule has 0 spiro atoms. The van der Waals surface area contributed by atoms with Crippen molar-refractivity contribution >= 4 is 5.91 Å². The number of hydrogen-bond acceptors (Lipinski definition) is 3. The van der Waals surface area contributed by atoms with Crippen molar-refractivity contribution in [3.8, 4) is 5.69 Å². The van der Waals surface area contributed by atoms with Crippen LogP contribution in [-0.2, 0) is 0 Å². The summed E-state index contributed by atoms with van der Waals surface area (Å²) in [7, 11) is 0. The zero-order valence-electron chi connectivity index (χ0n) is 15.2. The molecule has 1 N–H and O–H groups in total. The fraction of sp³-hybridized carbons (Fsp3) is 0.250. The van der Waals surface area contributed by atoms with Crippen LogP contribution in [0.25, 0.3) is 5.69 Å². The molecular weight excluding hydrogens is 331 g/mol. The molecule has 2 aromatic carbocycles. The van der Waals surface area contributed by atoms with Gasteiger partial charge in [-0.15, -0.1) is 5.10 Å². The molecule has 0 radical (unpaired) electrons. The second-order valence-corrected chi connectivity index (χ2v) is 6.43. The standard InChI is InChI=1S/C20H21FN4O/c1-12-9-10-18(13(2)11-12)25-23-15(4)19(24-25)20(26)22-14(3)16-7-5-6-8-17(16)21/h5-11,14H,1-4H3,(H,22,26). The van der Waals surface area contributed by atoms with Crippen LogP contribution in [0.2, 0.25) is 0 Å². The van der Waals surface area contributed by atoms with Gasteiger partial charge in [-0.05, 0) is 45.4 Å². The maximum absolute atomic E-state index is 13.9. The molecule has 1 unspecified atom stereocenters. The molecule has 3 aromatic rings. The van der Waals surface area contributed by atoms with Gasteiger partial charge >= 0.3 is 0 Å². The lowest BCUT2D eigenvalue weighted by Gasteiger charge is -2.14. The monoisotopic (exact) mass is 352 g/mol. The Kier molecular flexibility index (Phi) is 4.84. The topological polar surface area (TPSA) is 59.8 Å². The highest BCUT2D eigenvalue weighted by Crippen LogP contribution is 2.18. The number of rotatable bonds is 4. The quantitative estimate of drug-likeness (QED) is 0.776. The fourth-order valence-corrected chi connectivity index (χ4v) is 2.90. The molecule has 134 valence electrons. The summed E-state index contributed by atoms with van der Waals surface area (Å²) in [5.41, 5.74) is 4.16. The average Bonchev–Trinajstić information content (AvgIpc) is 2.96. The summed E-state index contributed by atoms with van der Waals surface area (Å²) in [5.74, 6) is -0.731. The van der Waals surface area contributed by atoms with Gasteiger partial charge in [0.25, 0.3) is 5.91 Å². The van der Waals surface area contributed by atoms with E-state index in [4.69, 9.17) is 0 Å². The summed E-state index contributed by atoms with van der Waals surface area (Å²) < 4.78 is 13.9. The van der Waals surface area contributed by atoms with Crippen LogP contribution in [0.5, 0.6) is 0 Å². The molecule has 3 rings (SSSR count). The SMILES string of the molecule is Cc1ccc(-n2nc(C)c(C(=O)NC(C)c3ccccc3F)n2)c(C)c1. The second kappa shape index (κ2) is 7.07. The van der Waals surface area contributed by atoms with E-state index in [1.54, 1.807) is 32.0 Å². The normalized spacial score (nSPS) is 12.0. The molecule has 0 aliphatic carbocycles. The first kappa shape index (κ1) is 17.8. The fourth-order valence-electron chi connectivity index (χ4n) is 2.90. The first-order valence-corrected chi connectivity index (χ1v) is 8.43. The molecule has 6 heteroatoms. The van der Waals surface area contributed by atoms with Crippen LogP contribution in [0.1, 0.15) is 45.8 Å². The van der Waals surface area contributed by atoms with E-state index in [2.05, 4.69) is 15.5 Å². The summed E-state index contributed by atoms with van der Waals surface area (Å²) in [6.45, 7) is 7.46. The van der Waals surface area contributed by atoms with Gasteiger partial charge in [0.1, 0.15) is 5.82 Å². The summed E-state index contributed by atoms with van der Waals surface area (Å²) >= 11 is 0. The van der Waals surface area contributed by atoms with Crippen molar-refractivity contribution in [1.29, 1.82) is 0 Å². The van der Waals surface area contributed by atoms with Crippen LogP contribution in [0.3, 0.4) is 0 Å². The van der Waals surface area contributed by atoms with Crippen molar-refractivity contribution in [2.45, 2.75) is 33.7 Å². The smallest absolute Gasteiger partial charge is 0.274 e. The molecular formula is C20H21FN4O. The van der Waals surface area contributed by atoms with Crippen LogP contribution in [-0.4, -0.2) is 20.9 Å². The summed E-state index contributed by atoms with van der Waals surface area (Å²) in [6.07, 6.45) is 0. The molecule has 5 nitrogen and oxygen atoms in total. The Labute approximate surface area is 151 Å². The van der Waals surface area contributed by atoms with Crippen LogP contribution in [0, 0.1) is 26.6 Å². The van der Waals surface area contributed by atoms with Crippen molar-refractivity contribution in [3.63, 3.8) is 0 Å². The molecule has 0 saturated carbocycles. The van der Waals surface area contributed by atoms with E-state index in [-0.39, 0.29) is 17.4 Å². The number of nitrogens with zero attached hydrogens (tertiary/aromatic N) is 3. The molecule has 0 bridgehead atoms. The van der Waals surface area contributed by atoms with Gasteiger partial charge in [0.05, 0.1) is 17.4 Å². The van der Waals surface area contributed by atoms with E-state index < -0.39 is 6.04 Å². The molecule has 1 aromatic heterocycles. The number of halogens is 1. The van der Waals surface area contributed by atoms with Crippen LogP contribution < -0.4 is 5.32 Å². The van der Waals surface area contributed by atoms with E-state index in [0.29, 0.717) is 11.3 Å². The first-order valence-electron chi connectivity index (χ1n) is 8.43. The summed E-state index contributed by atoms with van der Waals surface area (Å²) in [5, 5.41) is 11.5. The Balaban J connectivity index is 1.85. The highest BCUT2D eigenvalue weighted by molar-refractivity contribution is 5.93. The highest BCUT2D eigenvalue weighted by atomic mass is 19.1. The van der Waals surface area contributed by atoms with Crippen molar-refractivity contribution in [3.05, 3.63) is 76.4 Å². The first-order chi connectivity index (χ1) is 12.4. The molecule has 1 atom stereocenters. The van der Waals surface area contributed by atoms with Gasteiger partial charge in [-0.1, -0.05) is 35.9 Å². The van der Waals surface area contributed by atoms with Gasteiger partial charge in [0.2, 0.25) is 0 Å². The van der Waals surface area contributed by atoms with Gasteiger partial charge in [0, 0.05) is 5.56 Å². The van der Waals surface area contributed by atoms with E-state index in [9.17, 15) is 9.18 Å². The lowest BCUT2D eigenvalue weighted by molar-refractivity contribution is 0.0933. The number of carbonyl (C=O) groups is 1. The maximum Gasteiger partial charge on any atom is 0.274 e. The molecule has 0 aliphatic heterocycles. The van der Waals surface area contributed by atoms with Gasteiger partial charge in [-0.3, -0.25) is 4.79 Å². The number of aromatic nitrogens is 3. The second-order valence-electron chi connectivity index (χ2n) is 6.43. The third-order valence-electron chi connectivity index (χ3n) is 4.28. The van der Waals surface area contributed by atoms with Crippen molar-refractivity contribution in [1.82, 2.24) is 20.3 Å². The van der Waals surface area contributed by atoms with Gasteiger partial charge in [-0.2, -0.15) is 9.90 Å². The maximum atomic E-state index is 13.9. The number of benzene rings is 2. The zero-order chi connectivity index (χ0) is 18.8. The Bertz CT molecular complexity index is 964. The number of nitrogens with one attached hydrogen (secondary N) is 1. The van der Waals surface area contributed by atoms with E-state index in [1.165, 1.54) is 10.9 Å². The predicted octanol–water partition coefficient (Wildman–Crippen LogP) is 3.82. The van der Waals surface area contributed by atoms with E-state index >= 15 is 0 Å². The summed E-state index contributed by atoms with van der Waals surface area (Å²) in [4.78, 5) is 14.1. The average molecular weight is 352 g/mol. The Morgan fingerprint density at radius 3 is 2.54 bits per heavy atom. The number of hydrogen-bond donors (Lipinski definition) is 1. The third-order valence-corrected chi connectivity index (χ3v) is 4.28. The lowest BCUT2D eigenvalue weighted by atomic mass is 10.1. The molecule has 26 heavy (non-hydrogen) atoms. The largest absolute Gasteiger partial charge is 0.344 e. The Morgan fingerprint density at radius 2 is 1.85 bits per heavy atom. The minimum atomic E-state index is -0.477. The number of amides is 1. The van der Waals surface area contributed by atoms with Crippen molar-refractivity contribution in [2.24, 2.45) is 0 Å². The Hall–Kier alpha value is -3.02. The molecule has 1 amide bonds. The molecule has 0 fully saturated rings.